The normalized spacial score (nSPS) is 10.3. The number of rotatable bonds is 10. The summed E-state index contributed by atoms with van der Waals surface area (Å²) in [6.45, 7) is 2.18. The quantitative estimate of drug-likeness (QED) is 0.536. The largest absolute Gasteiger partial charge is 0.385 e. The van der Waals surface area contributed by atoms with Gasteiger partial charge < -0.3 is 15.8 Å². The van der Waals surface area contributed by atoms with Gasteiger partial charge in [0.15, 0.2) is 0 Å². The third-order valence-corrected chi connectivity index (χ3v) is 2.21. The number of amides is 1. The lowest BCUT2D eigenvalue weighted by molar-refractivity contribution is -0.121. The van der Waals surface area contributed by atoms with E-state index in [0.29, 0.717) is 13.0 Å². The minimum atomic E-state index is 0.152. The van der Waals surface area contributed by atoms with Gasteiger partial charge in [-0.05, 0) is 25.8 Å². The topological polar surface area (TPSA) is 64.3 Å². The SMILES string of the molecule is COCCCNC(=O)CCCCCCN. The van der Waals surface area contributed by atoms with E-state index in [0.717, 1.165) is 45.2 Å². The maximum Gasteiger partial charge on any atom is 0.219 e. The number of carbonyl (C=O) groups is 1. The summed E-state index contributed by atoms with van der Waals surface area (Å²) in [5, 5.41) is 2.86. The second kappa shape index (κ2) is 11.5. The fourth-order valence-corrected chi connectivity index (χ4v) is 1.32. The van der Waals surface area contributed by atoms with Gasteiger partial charge in [-0.1, -0.05) is 12.8 Å². The zero-order chi connectivity index (χ0) is 11.4. The summed E-state index contributed by atoms with van der Waals surface area (Å²) in [6, 6.07) is 0. The second-order valence-corrected chi connectivity index (χ2v) is 3.65. The highest BCUT2D eigenvalue weighted by molar-refractivity contribution is 5.75. The molecule has 0 rings (SSSR count). The Morgan fingerprint density at radius 1 is 1.20 bits per heavy atom. The highest BCUT2D eigenvalue weighted by atomic mass is 16.5. The first kappa shape index (κ1) is 14.4. The molecule has 0 aliphatic heterocycles. The number of carbonyl (C=O) groups excluding carboxylic acids is 1. The van der Waals surface area contributed by atoms with E-state index in [9.17, 15) is 4.79 Å². The van der Waals surface area contributed by atoms with Gasteiger partial charge in [-0.3, -0.25) is 4.79 Å². The summed E-state index contributed by atoms with van der Waals surface area (Å²) in [7, 11) is 1.67. The lowest BCUT2D eigenvalue weighted by Gasteiger charge is -2.04. The van der Waals surface area contributed by atoms with Crippen LogP contribution in [0.25, 0.3) is 0 Å². The molecule has 0 atom stereocenters. The third kappa shape index (κ3) is 11.3. The maximum absolute atomic E-state index is 11.3. The minimum absolute atomic E-state index is 0.152. The molecule has 4 heteroatoms. The van der Waals surface area contributed by atoms with Gasteiger partial charge in [0, 0.05) is 26.7 Å². The predicted octanol–water partition coefficient (Wildman–Crippen LogP) is 1.05. The number of nitrogens with one attached hydrogen (secondary N) is 1. The van der Waals surface area contributed by atoms with E-state index >= 15 is 0 Å². The smallest absolute Gasteiger partial charge is 0.219 e. The first-order valence-corrected chi connectivity index (χ1v) is 5.77. The van der Waals surface area contributed by atoms with Crippen molar-refractivity contribution in [2.75, 3.05) is 26.8 Å². The Morgan fingerprint density at radius 2 is 1.93 bits per heavy atom. The number of hydrogen-bond acceptors (Lipinski definition) is 3. The number of hydrogen-bond donors (Lipinski definition) is 2. The fraction of sp³-hybridized carbons (Fsp3) is 0.909. The average Bonchev–Trinajstić information content (AvgIpc) is 2.24. The number of nitrogens with two attached hydrogens (primary N) is 1. The molecule has 0 fully saturated rings. The Balaban J connectivity index is 3.11. The van der Waals surface area contributed by atoms with Crippen molar-refractivity contribution >= 4 is 5.91 Å². The zero-order valence-electron chi connectivity index (χ0n) is 9.76. The van der Waals surface area contributed by atoms with Crippen LogP contribution >= 0.6 is 0 Å². The lowest BCUT2D eigenvalue weighted by atomic mass is 10.1. The van der Waals surface area contributed by atoms with Gasteiger partial charge in [-0.15, -0.1) is 0 Å². The molecule has 0 saturated heterocycles. The number of unbranched alkanes of at least 4 members (excludes halogenated alkanes) is 3. The van der Waals surface area contributed by atoms with Gasteiger partial charge in [-0.2, -0.15) is 0 Å². The molecule has 0 radical (unpaired) electrons. The summed E-state index contributed by atoms with van der Waals surface area (Å²) in [6.07, 6.45) is 5.79. The maximum atomic E-state index is 11.3. The Bertz CT molecular complexity index is 152. The molecule has 0 unspecified atom stereocenters. The number of methoxy groups -OCH3 is 1. The van der Waals surface area contributed by atoms with Gasteiger partial charge in [0.1, 0.15) is 0 Å². The van der Waals surface area contributed by atoms with Crippen LogP contribution in [0.2, 0.25) is 0 Å². The van der Waals surface area contributed by atoms with Crippen molar-refractivity contribution in [1.29, 1.82) is 0 Å². The van der Waals surface area contributed by atoms with Crippen molar-refractivity contribution in [3.63, 3.8) is 0 Å². The standard InChI is InChI=1S/C11H24N2O2/c1-15-10-6-9-13-11(14)7-4-2-3-5-8-12/h2-10,12H2,1H3,(H,13,14). The van der Waals surface area contributed by atoms with Crippen LogP contribution in [-0.4, -0.2) is 32.7 Å². The van der Waals surface area contributed by atoms with Crippen LogP contribution in [0.3, 0.4) is 0 Å². The van der Waals surface area contributed by atoms with Gasteiger partial charge >= 0.3 is 0 Å². The fourth-order valence-electron chi connectivity index (χ4n) is 1.32. The molecule has 1 amide bonds. The molecule has 0 heterocycles. The molecule has 0 aromatic carbocycles. The molecule has 0 bridgehead atoms. The van der Waals surface area contributed by atoms with E-state index in [2.05, 4.69) is 5.32 Å². The van der Waals surface area contributed by atoms with Crippen LogP contribution in [0, 0.1) is 0 Å². The highest BCUT2D eigenvalue weighted by Gasteiger charge is 1.99. The highest BCUT2D eigenvalue weighted by Crippen LogP contribution is 2.01. The Hall–Kier alpha value is -0.610. The van der Waals surface area contributed by atoms with E-state index in [1.165, 1.54) is 0 Å². The van der Waals surface area contributed by atoms with Crippen molar-refractivity contribution in [3.05, 3.63) is 0 Å². The monoisotopic (exact) mass is 216 g/mol. The molecule has 15 heavy (non-hydrogen) atoms. The molecule has 4 nitrogen and oxygen atoms in total. The van der Waals surface area contributed by atoms with Crippen molar-refractivity contribution in [2.45, 2.75) is 38.5 Å². The molecule has 0 saturated carbocycles. The van der Waals surface area contributed by atoms with Gasteiger partial charge in [-0.25, -0.2) is 0 Å². The summed E-state index contributed by atoms with van der Waals surface area (Å²) in [5.74, 6) is 0.152. The summed E-state index contributed by atoms with van der Waals surface area (Å²) >= 11 is 0. The second-order valence-electron chi connectivity index (χ2n) is 3.65. The van der Waals surface area contributed by atoms with E-state index < -0.39 is 0 Å². The van der Waals surface area contributed by atoms with E-state index in [1.807, 2.05) is 0 Å². The minimum Gasteiger partial charge on any atom is -0.385 e. The average molecular weight is 216 g/mol. The predicted molar refractivity (Wildman–Crippen MR) is 61.6 cm³/mol. The van der Waals surface area contributed by atoms with Crippen LogP contribution in [0.1, 0.15) is 38.5 Å². The van der Waals surface area contributed by atoms with Gasteiger partial charge in [0.05, 0.1) is 0 Å². The first-order chi connectivity index (χ1) is 7.31. The molecular formula is C11H24N2O2. The van der Waals surface area contributed by atoms with Crippen LogP contribution in [0.15, 0.2) is 0 Å². The van der Waals surface area contributed by atoms with E-state index in [4.69, 9.17) is 10.5 Å². The first-order valence-electron chi connectivity index (χ1n) is 5.77. The van der Waals surface area contributed by atoms with Gasteiger partial charge in [0.2, 0.25) is 5.91 Å². The summed E-state index contributed by atoms with van der Waals surface area (Å²) in [5.41, 5.74) is 5.37. The van der Waals surface area contributed by atoms with Crippen LogP contribution in [0.4, 0.5) is 0 Å². The Kier molecular flexibility index (Phi) is 11.0. The molecule has 0 spiro atoms. The van der Waals surface area contributed by atoms with Crippen molar-refractivity contribution in [2.24, 2.45) is 5.73 Å². The van der Waals surface area contributed by atoms with E-state index in [1.54, 1.807) is 7.11 Å². The van der Waals surface area contributed by atoms with Crippen LogP contribution in [0.5, 0.6) is 0 Å². The van der Waals surface area contributed by atoms with Crippen LogP contribution < -0.4 is 11.1 Å². The molecule has 90 valence electrons. The molecule has 3 N–H and O–H groups in total. The van der Waals surface area contributed by atoms with Crippen LogP contribution in [-0.2, 0) is 9.53 Å². The molecule has 0 aromatic rings. The molecule has 0 aliphatic carbocycles. The number of ether oxygens (including phenoxy) is 1. The Labute approximate surface area is 92.6 Å². The van der Waals surface area contributed by atoms with E-state index in [-0.39, 0.29) is 5.91 Å². The summed E-state index contributed by atoms with van der Waals surface area (Å²) < 4.78 is 4.89. The molecule has 0 aromatic heterocycles. The van der Waals surface area contributed by atoms with Crippen molar-refractivity contribution < 1.29 is 9.53 Å². The summed E-state index contributed by atoms with van der Waals surface area (Å²) in [4.78, 5) is 11.3. The molecule has 0 aliphatic rings. The van der Waals surface area contributed by atoms with Gasteiger partial charge in [0.25, 0.3) is 0 Å². The molecular weight excluding hydrogens is 192 g/mol. The zero-order valence-corrected chi connectivity index (χ0v) is 9.76. The third-order valence-electron chi connectivity index (χ3n) is 2.21. The van der Waals surface area contributed by atoms with Crippen molar-refractivity contribution in [1.82, 2.24) is 5.32 Å². The Morgan fingerprint density at radius 3 is 2.60 bits per heavy atom. The van der Waals surface area contributed by atoms with Crippen molar-refractivity contribution in [3.8, 4) is 0 Å². The lowest BCUT2D eigenvalue weighted by Crippen LogP contribution is -2.24.